The van der Waals surface area contributed by atoms with Gasteiger partial charge in [0.2, 0.25) is 5.66 Å². The Balaban J connectivity index is 3.07. The van der Waals surface area contributed by atoms with Crippen molar-refractivity contribution in [1.29, 1.82) is 0 Å². The van der Waals surface area contributed by atoms with Gasteiger partial charge in [0.25, 0.3) is 0 Å². The molecule has 1 heterocycles. The quantitative estimate of drug-likeness (QED) is 0.590. The van der Waals surface area contributed by atoms with Gasteiger partial charge in [-0.1, -0.05) is 6.92 Å². The predicted molar refractivity (Wildman–Crippen MR) is 48.2 cm³/mol. The van der Waals surface area contributed by atoms with E-state index >= 15 is 0 Å². The summed E-state index contributed by atoms with van der Waals surface area (Å²) < 4.78 is -0.0324. The molecule has 1 aliphatic rings. The van der Waals surface area contributed by atoms with Gasteiger partial charge in [0, 0.05) is 20.3 Å². The Bertz CT molecular complexity index is 233. The van der Waals surface area contributed by atoms with E-state index in [0.29, 0.717) is 0 Å². The van der Waals surface area contributed by atoms with Crippen molar-refractivity contribution in [2.75, 3.05) is 7.05 Å². The average molecular weight is 171 g/mol. The topological polar surface area (TPSA) is 32.3 Å². The summed E-state index contributed by atoms with van der Waals surface area (Å²) in [6.45, 7) is 8.07. The van der Waals surface area contributed by atoms with E-state index in [1.165, 1.54) is 0 Å². The Kier molecular flexibility index (Phi) is 1.97. The van der Waals surface area contributed by atoms with Crippen molar-refractivity contribution in [2.45, 2.75) is 39.8 Å². The molecule has 0 spiro atoms. The zero-order valence-electron chi connectivity index (χ0n) is 8.60. The number of hydrogen-bond acceptors (Lipinski definition) is 2. The van der Waals surface area contributed by atoms with Crippen molar-refractivity contribution < 1.29 is 9.85 Å². The van der Waals surface area contributed by atoms with Crippen LogP contribution in [0.15, 0.2) is 11.4 Å². The third-order valence-corrected chi connectivity index (χ3v) is 3.30. The molecular weight excluding hydrogens is 152 g/mol. The van der Waals surface area contributed by atoms with Crippen molar-refractivity contribution in [2.24, 2.45) is 0 Å². The Hall–Kier alpha value is -0.540. The maximum atomic E-state index is 10.2. The van der Waals surface area contributed by atoms with Crippen LogP contribution in [0.4, 0.5) is 0 Å². The fourth-order valence-corrected chi connectivity index (χ4v) is 1.70. The normalized spacial score (nSPS) is 41.8. The first-order valence-electron chi connectivity index (χ1n) is 4.41. The minimum absolute atomic E-state index is 0.0324. The average Bonchev–Trinajstić information content (AvgIpc) is 2.14. The summed E-state index contributed by atoms with van der Waals surface area (Å²) in [6.07, 6.45) is 0.898. The van der Waals surface area contributed by atoms with E-state index in [4.69, 9.17) is 0 Å². The zero-order valence-corrected chi connectivity index (χ0v) is 8.60. The molecule has 70 valence electrons. The number of nitrogens with zero attached hydrogens (tertiary/aromatic N) is 1. The first-order valence-corrected chi connectivity index (χ1v) is 4.41. The second-order valence-electron chi connectivity index (χ2n) is 3.92. The monoisotopic (exact) mass is 171 g/mol. The summed E-state index contributed by atoms with van der Waals surface area (Å²) >= 11 is 0. The number of hydroxylamine groups is 3. The van der Waals surface area contributed by atoms with Gasteiger partial charge in [0.15, 0.2) is 5.70 Å². The van der Waals surface area contributed by atoms with Crippen molar-refractivity contribution in [3.8, 4) is 0 Å². The van der Waals surface area contributed by atoms with Crippen LogP contribution in [0.3, 0.4) is 0 Å². The highest BCUT2D eigenvalue weighted by Gasteiger charge is 2.50. The lowest BCUT2D eigenvalue weighted by atomic mass is 10.1. The van der Waals surface area contributed by atoms with Gasteiger partial charge in [0.05, 0.1) is 5.70 Å². The second-order valence-corrected chi connectivity index (χ2v) is 3.92. The van der Waals surface area contributed by atoms with E-state index in [1.54, 1.807) is 0 Å². The fraction of sp³-hybridized carbons (Fsp3) is 0.778. The number of quaternary nitrogens is 1. The van der Waals surface area contributed by atoms with Gasteiger partial charge in [-0.15, -0.1) is 4.65 Å². The summed E-state index contributed by atoms with van der Waals surface area (Å²) in [7, 11) is 1.82. The molecule has 1 rings (SSSR count). The van der Waals surface area contributed by atoms with Crippen LogP contribution in [0.2, 0.25) is 0 Å². The molecule has 2 atom stereocenters. The molecule has 0 amide bonds. The molecule has 0 aromatic carbocycles. The summed E-state index contributed by atoms with van der Waals surface area (Å²) in [4.78, 5) is 0. The van der Waals surface area contributed by atoms with Crippen LogP contribution in [0, 0.1) is 0 Å². The lowest BCUT2D eigenvalue weighted by Crippen LogP contribution is -2.59. The van der Waals surface area contributed by atoms with Crippen molar-refractivity contribution >= 4 is 0 Å². The van der Waals surface area contributed by atoms with Gasteiger partial charge in [-0.25, -0.2) is 5.21 Å². The number of nitrogens with one attached hydrogen (secondary N) is 1. The van der Waals surface area contributed by atoms with Crippen LogP contribution in [0.1, 0.15) is 34.1 Å². The van der Waals surface area contributed by atoms with Crippen LogP contribution in [-0.4, -0.2) is 22.6 Å². The van der Waals surface area contributed by atoms with Gasteiger partial charge in [-0.3, -0.25) is 0 Å². The van der Waals surface area contributed by atoms with Gasteiger partial charge < -0.3 is 5.32 Å². The molecule has 0 aliphatic carbocycles. The van der Waals surface area contributed by atoms with Crippen molar-refractivity contribution in [1.82, 2.24) is 5.32 Å². The molecular formula is C9H19N2O+. The second kappa shape index (κ2) is 2.47. The minimum Gasteiger partial charge on any atom is -0.330 e. The maximum absolute atomic E-state index is 10.2. The van der Waals surface area contributed by atoms with E-state index in [2.05, 4.69) is 12.2 Å². The summed E-state index contributed by atoms with van der Waals surface area (Å²) in [6, 6.07) is 0. The molecule has 0 saturated heterocycles. The molecule has 0 bridgehead atoms. The molecule has 0 fully saturated rings. The highest BCUT2D eigenvalue weighted by molar-refractivity contribution is 5.09. The third-order valence-electron chi connectivity index (χ3n) is 3.30. The van der Waals surface area contributed by atoms with Crippen LogP contribution in [-0.2, 0) is 0 Å². The molecule has 0 radical (unpaired) electrons. The predicted octanol–water partition coefficient (Wildman–Crippen LogP) is 1.80. The van der Waals surface area contributed by atoms with Crippen LogP contribution >= 0.6 is 0 Å². The van der Waals surface area contributed by atoms with Gasteiger partial charge >= 0.3 is 0 Å². The van der Waals surface area contributed by atoms with E-state index in [0.717, 1.165) is 17.8 Å². The molecule has 0 aromatic heterocycles. The Morgan fingerprint density at radius 3 is 2.17 bits per heavy atom. The SMILES string of the molecule is CCC1(C)NC(C)=C(C)[N+]1(C)O. The molecule has 3 heteroatoms. The van der Waals surface area contributed by atoms with Crippen LogP contribution in [0.25, 0.3) is 0 Å². The molecule has 0 saturated carbocycles. The third kappa shape index (κ3) is 0.967. The van der Waals surface area contributed by atoms with Gasteiger partial charge in [0.1, 0.15) is 7.05 Å². The zero-order chi connectivity index (χ0) is 9.57. The molecule has 3 nitrogen and oxygen atoms in total. The van der Waals surface area contributed by atoms with E-state index in [9.17, 15) is 5.21 Å². The lowest BCUT2D eigenvalue weighted by Gasteiger charge is -2.36. The number of hydrogen-bond donors (Lipinski definition) is 2. The summed E-state index contributed by atoms with van der Waals surface area (Å²) in [5.41, 5.74) is 1.83. The summed E-state index contributed by atoms with van der Waals surface area (Å²) in [5.74, 6) is 0. The summed E-state index contributed by atoms with van der Waals surface area (Å²) in [5, 5.41) is 13.5. The first-order chi connectivity index (χ1) is 5.35. The van der Waals surface area contributed by atoms with Gasteiger partial charge in [-0.05, 0) is 6.92 Å². The Labute approximate surface area is 74.2 Å². The number of rotatable bonds is 1. The highest BCUT2D eigenvalue weighted by atomic mass is 16.6. The standard InChI is InChI=1S/C9H19N2O/c1-6-9(4)10-7(2)8(3)11(9,5)12/h10,12H,6H2,1-5H3/q+1. The molecule has 12 heavy (non-hydrogen) atoms. The Morgan fingerprint density at radius 1 is 1.50 bits per heavy atom. The maximum Gasteiger partial charge on any atom is 0.203 e. The van der Waals surface area contributed by atoms with Gasteiger partial charge in [-0.2, -0.15) is 0 Å². The van der Waals surface area contributed by atoms with E-state index in [-0.39, 0.29) is 10.3 Å². The first kappa shape index (κ1) is 9.55. The molecule has 2 unspecified atom stereocenters. The highest BCUT2D eigenvalue weighted by Crippen LogP contribution is 2.34. The molecule has 0 aromatic rings. The van der Waals surface area contributed by atoms with Crippen molar-refractivity contribution in [3.05, 3.63) is 11.4 Å². The van der Waals surface area contributed by atoms with Crippen LogP contribution in [0.5, 0.6) is 0 Å². The van der Waals surface area contributed by atoms with E-state index in [1.807, 2.05) is 27.8 Å². The molecule has 1 aliphatic heterocycles. The smallest absolute Gasteiger partial charge is 0.203 e. The largest absolute Gasteiger partial charge is 0.330 e. The number of allylic oxidation sites excluding steroid dienone is 2. The van der Waals surface area contributed by atoms with E-state index < -0.39 is 0 Å². The fourth-order valence-electron chi connectivity index (χ4n) is 1.70. The Morgan fingerprint density at radius 2 is 2.00 bits per heavy atom. The lowest BCUT2D eigenvalue weighted by molar-refractivity contribution is -1.09. The minimum atomic E-state index is -0.256. The molecule has 2 N–H and O–H groups in total. The van der Waals surface area contributed by atoms with Crippen LogP contribution < -0.4 is 5.32 Å². The van der Waals surface area contributed by atoms with Crippen molar-refractivity contribution in [3.63, 3.8) is 0 Å².